The lowest BCUT2D eigenvalue weighted by Crippen LogP contribution is -2.29. The highest BCUT2D eigenvalue weighted by atomic mass is 16.2. The third-order valence-electron chi connectivity index (χ3n) is 3.31. The van der Waals surface area contributed by atoms with Crippen molar-refractivity contribution in [1.82, 2.24) is 0 Å². The van der Waals surface area contributed by atoms with Crippen LogP contribution in [0, 0.1) is 5.41 Å². The van der Waals surface area contributed by atoms with Crippen LogP contribution in [0.3, 0.4) is 0 Å². The summed E-state index contributed by atoms with van der Waals surface area (Å²) in [6.45, 7) is 6.09. The van der Waals surface area contributed by atoms with Gasteiger partial charge in [-0.25, -0.2) is 0 Å². The number of amides is 1. The van der Waals surface area contributed by atoms with Gasteiger partial charge in [0.25, 0.3) is 0 Å². The Hall–Kier alpha value is -1.35. The van der Waals surface area contributed by atoms with Gasteiger partial charge in [-0.2, -0.15) is 0 Å². The van der Waals surface area contributed by atoms with E-state index in [0.717, 1.165) is 30.5 Å². The Morgan fingerprint density at radius 1 is 1.39 bits per heavy atom. The molecule has 1 amide bonds. The fourth-order valence-electron chi connectivity index (χ4n) is 1.55. The van der Waals surface area contributed by atoms with Gasteiger partial charge in [-0.15, -0.1) is 0 Å². The number of nitrogens with one attached hydrogen (secondary N) is 1. The molecule has 0 aromatic heterocycles. The Balaban J connectivity index is 2.70. The topological polar surface area (TPSA) is 49.3 Å². The number of carbonyl (C=O) groups is 1. The quantitative estimate of drug-likeness (QED) is 0.814. The normalized spacial score (nSPS) is 11.3. The van der Waals surface area contributed by atoms with Gasteiger partial charge in [0.2, 0.25) is 5.91 Å². The first kappa shape index (κ1) is 14.7. The van der Waals surface area contributed by atoms with Crippen molar-refractivity contribution in [3.05, 3.63) is 29.8 Å². The highest BCUT2D eigenvalue weighted by Crippen LogP contribution is 2.22. The zero-order chi connectivity index (χ0) is 13.6. The number of aryl methyl sites for hydroxylation is 1. The summed E-state index contributed by atoms with van der Waals surface area (Å²) in [5, 5.41) is 11.8. The van der Waals surface area contributed by atoms with Gasteiger partial charge in [0.05, 0.1) is 0 Å². The SMILES string of the molecule is CCC(C)(C)C(=O)Nc1cccc(CCCO)c1. The molecule has 1 rings (SSSR count). The fraction of sp³-hybridized carbons (Fsp3) is 0.533. The van der Waals surface area contributed by atoms with Crippen LogP contribution in [-0.4, -0.2) is 17.6 Å². The van der Waals surface area contributed by atoms with Gasteiger partial charge < -0.3 is 10.4 Å². The van der Waals surface area contributed by atoms with E-state index in [-0.39, 0.29) is 17.9 Å². The van der Waals surface area contributed by atoms with Crippen molar-refractivity contribution in [2.75, 3.05) is 11.9 Å². The van der Waals surface area contributed by atoms with Crippen LogP contribution in [0.2, 0.25) is 0 Å². The predicted octanol–water partition coefficient (Wildman–Crippen LogP) is 2.99. The van der Waals surface area contributed by atoms with Crippen LogP contribution >= 0.6 is 0 Å². The molecule has 3 heteroatoms. The highest BCUT2D eigenvalue weighted by Gasteiger charge is 2.25. The highest BCUT2D eigenvalue weighted by molar-refractivity contribution is 5.94. The molecule has 3 nitrogen and oxygen atoms in total. The molecule has 0 spiro atoms. The van der Waals surface area contributed by atoms with Crippen LogP contribution in [0.4, 0.5) is 5.69 Å². The zero-order valence-electron chi connectivity index (χ0n) is 11.5. The molecule has 1 aromatic carbocycles. The molecule has 0 radical (unpaired) electrons. The molecule has 0 heterocycles. The van der Waals surface area contributed by atoms with Crippen LogP contribution < -0.4 is 5.32 Å². The molecule has 0 unspecified atom stereocenters. The summed E-state index contributed by atoms with van der Waals surface area (Å²) in [7, 11) is 0. The third kappa shape index (κ3) is 4.15. The van der Waals surface area contributed by atoms with Crippen LogP contribution in [0.15, 0.2) is 24.3 Å². The molecule has 0 fully saturated rings. The van der Waals surface area contributed by atoms with Crippen molar-refractivity contribution in [2.24, 2.45) is 5.41 Å². The van der Waals surface area contributed by atoms with Gasteiger partial charge in [-0.3, -0.25) is 4.79 Å². The summed E-state index contributed by atoms with van der Waals surface area (Å²) in [5.41, 5.74) is 1.62. The summed E-state index contributed by atoms with van der Waals surface area (Å²) < 4.78 is 0. The number of benzene rings is 1. The van der Waals surface area contributed by atoms with Crippen molar-refractivity contribution < 1.29 is 9.90 Å². The standard InChI is InChI=1S/C15H23NO2/c1-4-15(2,3)14(18)16-13-9-5-7-12(11-13)8-6-10-17/h5,7,9,11,17H,4,6,8,10H2,1-3H3,(H,16,18). The third-order valence-corrected chi connectivity index (χ3v) is 3.31. The molecule has 0 saturated heterocycles. The van der Waals surface area contributed by atoms with Crippen LogP contribution in [0.1, 0.15) is 39.2 Å². The van der Waals surface area contributed by atoms with Crippen molar-refractivity contribution >= 4 is 11.6 Å². The Morgan fingerprint density at radius 3 is 2.72 bits per heavy atom. The summed E-state index contributed by atoms with van der Waals surface area (Å²) in [6, 6.07) is 7.81. The lowest BCUT2D eigenvalue weighted by molar-refractivity contribution is -0.124. The predicted molar refractivity (Wildman–Crippen MR) is 74.6 cm³/mol. The van der Waals surface area contributed by atoms with Gasteiger partial charge >= 0.3 is 0 Å². The largest absolute Gasteiger partial charge is 0.396 e. The smallest absolute Gasteiger partial charge is 0.230 e. The summed E-state index contributed by atoms with van der Waals surface area (Å²) >= 11 is 0. The first-order valence-electron chi connectivity index (χ1n) is 6.51. The minimum Gasteiger partial charge on any atom is -0.396 e. The maximum absolute atomic E-state index is 12.0. The van der Waals surface area contributed by atoms with Crippen molar-refractivity contribution in [3.63, 3.8) is 0 Å². The number of aliphatic hydroxyl groups is 1. The maximum atomic E-state index is 12.0. The molecule has 2 N–H and O–H groups in total. The summed E-state index contributed by atoms with van der Waals surface area (Å²) in [5.74, 6) is 0.0457. The zero-order valence-corrected chi connectivity index (χ0v) is 11.5. The summed E-state index contributed by atoms with van der Waals surface area (Å²) in [4.78, 5) is 12.0. The lowest BCUT2D eigenvalue weighted by atomic mass is 9.89. The number of hydrogen-bond donors (Lipinski definition) is 2. The first-order valence-corrected chi connectivity index (χ1v) is 6.51. The Labute approximate surface area is 109 Å². The summed E-state index contributed by atoms with van der Waals surface area (Å²) in [6.07, 6.45) is 2.39. The Morgan fingerprint density at radius 2 is 2.11 bits per heavy atom. The van der Waals surface area contributed by atoms with E-state index in [2.05, 4.69) is 5.32 Å². The molecular formula is C15H23NO2. The van der Waals surface area contributed by atoms with Gasteiger partial charge in [-0.05, 0) is 37.0 Å². The van der Waals surface area contributed by atoms with Crippen molar-refractivity contribution in [2.45, 2.75) is 40.0 Å². The van der Waals surface area contributed by atoms with Gasteiger partial charge in [0.1, 0.15) is 0 Å². The Bertz CT molecular complexity index is 399. The van der Waals surface area contributed by atoms with Crippen molar-refractivity contribution in [3.8, 4) is 0 Å². The number of anilines is 1. The van der Waals surface area contributed by atoms with Gasteiger partial charge in [-0.1, -0.05) is 32.9 Å². The molecule has 1 aromatic rings. The average molecular weight is 249 g/mol. The minimum absolute atomic E-state index is 0.0457. The van der Waals surface area contributed by atoms with E-state index in [0.29, 0.717) is 0 Å². The lowest BCUT2D eigenvalue weighted by Gasteiger charge is -2.21. The van der Waals surface area contributed by atoms with E-state index in [1.165, 1.54) is 0 Å². The molecule has 0 atom stereocenters. The number of rotatable bonds is 6. The van der Waals surface area contributed by atoms with Crippen LogP contribution in [0.5, 0.6) is 0 Å². The molecule has 100 valence electrons. The second-order valence-electron chi connectivity index (χ2n) is 5.22. The molecule has 0 bridgehead atoms. The van der Waals surface area contributed by atoms with E-state index in [4.69, 9.17) is 5.11 Å². The molecular weight excluding hydrogens is 226 g/mol. The van der Waals surface area contributed by atoms with Crippen LogP contribution in [-0.2, 0) is 11.2 Å². The molecule has 0 aliphatic rings. The Kier molecular flexibility index (Phi) is 5.35. The second-order valence-corrected chi connectivity index (χ2v) is 5.22. The number of hydrogen-bond acceptors (Lipinski definition) is 2. The van der Waals surface area contributed by atoms with Gasteiger partial charge in [0.15, 0.2) is 0 Å². The molecule has 0 aliphatic heterocycles. The first-order chi connectivity index (χ1) is 8.49. The van der Waals surface area contributed by atoms with E-state index >= 15 is 0 Å². The number of carbonyl (C=O) groups excluding carboxylic acids is 1. The average Bonchev–Trinajstić information content (AvgIpc) is 2.36. The second kappa shape index (κ2) is 6.55. The van der Waals surface area contributed by atoms with Crippen LogP contribution in [0.25, 0.3) is 0 Å². The van der Waals surface area contributed by atoms with E-state index < -0.39 is 0 Å². The van der Waals surface area contributed by atoms with Gasteiger partial charge in [0, 0.05) is 17.7 Å². The van der Waals surface area contributed by atoms with E-state index in [1.54, 1.807) is 0 Å². The van der Waals surface area contributed by atoms with E-state index in [9.17, 15) is 4.79 Å². The maximum Gasteiger partial charge on any atom is 0.230 e. The minimum atomic E-state index is -0.346. The molecule has 0 aliphatic carbocycles. The number of aliphatic hydroxyl groups excluding tert-OH is 1. The van der Waals surface area contributed by atoms with Crippen molar-refractivity contribution in [1.29, 1.82) is 0 Å². The monoisotopic (exact) mass is 249 g/mol. The fourth-order valence-corrected chi connectivity index (χ4v) is 1.55. The molecule has 18 heavy (non-hydrogen) atoms. The van der Waals surface area contributed by atoms with E-state index in [1.807, 2.05) is 45.0 Å². The molecule has 0 saturated carbocycles.